The number of carbonyl (C=O) groups excluding carboxylic acids is 1. The monoisotopic (exact) mass is 479 g/mol. The second kappa shape index (κ2) is 9.57. The maximum atomic E-state index is 12.9. The summed E-state index contributed by atoms with van der Waals surface area (Å²) in [6.07, 6.45) is 2.15. The van der Waals surface area contributed by atoms with Crippen molar-refractivity contribution in [1.29, 1.82) is 0 Å². The topological polar surface area (TPSA) is 80.4 Å². The fourth-order valence-corrected chi connectivity index (χ4v) is 4.88. The van der Waals surface area contributed by atoms with Crippen LogP contribution in [0.25, 0.3) is 22.5 Å². The molecule has 36 heavy (non-hydrogen) atoms. The van der Waals surface area contributed by atoms with Gasteiger partial charge in [0.05, 0.1) is 11.1 Å². The van der Waals surface area contributed by atoms with Gasteiger partial charge in [0.2, 0.25) is 0 Å². The molecule has 1 aromatic heterocycles. The minimum atomic E-state index is -0.745. The molecule has 3 aromatic carbocycles. The Morgan fingerprint density at radius 3 is 2.08 bits per heavy atom. The van der Waals surface area contributed by atoms with Gasteiger partial charge in [-0.05, 0) is 47.9 Å². The van der Waals surface area contributed by atoms with E-state index in [0.29, 0.717) is 25.0 Å². The lowest BCUT2D eigenvalue weighted by molar-refractivity contribution is -0.140. The molecule has 0 bridgehead atoms. The largest absolute Gasteiger partial charge is 0.481 e. The van der Waals surface area contributed by atoms with Crippen molar-refractivity contribution in [3.63, 3.8) is 0 Å². The lowest BCUT2D eigenvalue weighted by Gasteiger charge is -2.11. The van der Waals surface area contributed by atoms with Crippen LogP contribution in [0.15, 0.2) is 83.4 Å². The molecule has 5 rings (SSSR count). The molecule has 4 aromatic rings. The van der Waals surface area contributed by atoms with E-state index < -0.39 is 11.4 Å². The number of aliphatic carboxylic acids is 1. The number of benzene rings is 3. The quantitative estimate of drug-likeness (QED) is 0.288. The van der Waals surface area contributed by atoms with Gasteiger partial charge in [-0.3, -0.25) is 9.59 Å². The molecule has 1 aliphatic rings. The number of Topliss-reactive ketones (excluding diaryl/α,β-unsaturated/α-hetero) is 1. The van der Waals surface area contributed by atoms with Gasteiger partial charge in [-0.25, -0.2) is 0 Å². The summed E-state index contributed by atoms with van der Waals surface area (Å²) in [6, 6.07) is 25.8. The summed E-state index contributed by atoms with van der Waals surface area (Å²) in [4.78, 5) is 24.5. The van der Waals surface area contributed by atoms with Crippen LogP contribution in [0.5, 0.6) is 0 Å². The maximum Gasteiger partial charge on any atom is 0.314 e. The fourth-order valence-electron chi connectivity index (χ4n) is 4.88. The molecule has 0 saturated heterocycles. The number of carboxylic acid groups (broad SMARTS) is 1. The standard InChI is InChI=1S/C31H29NO4/c1-20(22-6-4-3-5-7-22)18-27(33)19-28-21(2)32-36-29(28)25-10-8-23(9-11-25)24-12-14-26(15-13-24)31(16-17-31)30(34)35/h3-15,20H,16-19H2,1-2H3,(H,34,35). The van der Waals surface area contributed by atoms with Gasteiger partial charge in [0.1, 0.15) is 5.78 Å². The molecule has 0 amide bonds. The molecule has 5 heteroatoms. The number of hydrogen-bond donors (Lipinski definition) is 1. The number of carbonyl (C=O) groups is 2. The molecule has 1 atom stereocenters. The maximum absolute atomic E-state index is 12.9. The first kappa shape index (κ1) is 23.7. The van der Waals surface area contributed by atoms with Crippen molar-refractivity contribution in [2.24, 2.45) is 0 Å². The number of carboxylic acids is 1. The third-order valence-corrected chi connectivity index (χ3v) is 7.34. The van der Waals surface area contributed by atoms with E-state index in [1.165, 1.54) is 0 Å². The summed E-state index contributed by atoms with van der Waals surface area (Å²) in [7, 11) is 0. The minimum Gasteiger partial charge on any atom is -0.481 e. The number of hydrogen-bond acceptors (Lipinski definition) is 4. The minimum absolute atomic E-state index is 0.151. The van der Waals surface area contributed by atoms with Crippen LogP contribution in [-0.2, 0) is 21.4 Å². The van der Waals surface area contributed by atoms with Gasteiger partial charge in [0.25, 0.3) is 0 Å². The first-order valence-corrected chi connectivity index (χ1v) is 12.3. The van der Waals surface area contributed by atoms with E-state index in [0.717, 1.165) is 39.1 Å². The average molecular weight is 480 g/mol. The highest BCUT2D eigenvalue weighted by Gasteiger charge is 2.51. The molecule has 182 valence electrons. The third kappa shape index (κ3) is 4.61. The van der Waals surface area contributed by atoms with Crippen molar-refractivity contribution in [2.75, 3.05) is 0 Å². The second-order valence-electron chi connectivity index (χ2n) is 9.85. The summed E-state index contributed by atoms with van der Waals surface area (Å²) in [5.74, 6) is 0.196. The second-order valence-corrected chi connectivity index (χ2v) is 9.85. The molecule has 5 nitrogen and oxygen atoms in total. The normalized spacial score (nSPS) is 14.8. The van der Waals surface area contributed by atoms with Gasteiger partial charge in [-0.15, -0.1) is 0 Å². The molecular formula is C31H29NO4. The van der Waals surface area contributed by atoms with Crippen LogP contribution in [-0.4, -0.2) is 22.0 Å². The smallest absolute Gasteiger partial charge is 0.314 e. The van der Waals surface area contributed by atoms with Gasteiger partial charge in [0.15, 0.2) is 5.76 Å². The number of nitrogens with zero attached hydrogens (tertiary/aromatic N) is 1. The van der Waals surface area contributed by atoms with Crippen LogP contribution >= 0.6 is 0 Å². The van der Waals surface area contributed by atoms with Crippen molar-refractivity contribution in [2.45, 2.75) is 50.9 Å². The Labute approximate surface area is 210 Å². The molecule has 1 aliphatic carbocycles. The van der Waals surface area contributed by atoms with Crippen molar-refractivity contribution in [1.82, 2.24) is 5.16 Å². The zero-order chi connectivity index (χ0) is 25.3. The molecule has 1 N–H and O–H groups in total. The van der Waals surface area contributed by atoms with Gasteiger partial charge in [-0.1, -0.05) is 90.9 Å². The fraction of sp³-hybridized carbons (Fsp3) is 0.258. The van der Waals surface area contributed by atoms with Gasteiger partial charge in [0, 0.05) is 24.0 Å². The lowest BCUT2D eigenvalue weighted by Crippen LogP contribution is -2.19. The van der Waals surface area contributed by atoms with E-state index in [-0.39, 0.29) is 18.1 Å². The predicted octanol–water partition coefficient (Wildman–Crippen LogP) is 6.74. The molecule has 1 unspecified atom stereocenters. The summed E-state index contributed by atoms with van der Waals surface area (Å²) in [6.45, 7) is 3.95. The first-order valence-electron chi connectivity index (χ1n) is 12.3. The summed E-state index contributed by atoms with van der Waals surface area (Å²) in [5, 5.41) is 13.7. The van der Waals surface area contributed by atoms with Crippen molar-refractivity contribution < 1.29 is 19.2 Å². The van der Waals surface area contributed by atoms with E-state index in [4.69, 9.17) is 4.52 Å². The van der Waals surface area contributed by atoms with Gasteiger partial charge >= 0.3 is 5.97 Å². The Kier molecular flexibility index (Phi) is 6.31. The summed E-state index contributed by atoms with van der Waals surface area (Å²) >= 11 is 0. The van der Waals surface area contributed by atoms with Crippen molar-refractivity contribution in [3.05, 3.63) is 101 Å². The summed E-state index contributed by atoms with van der Waals surface area (Å²) < 4.78 is 5.64. The number of aryl methyl sites for hydroxylation is 1. The van der Waals surface area contributed by atoms with Crippen LogP contribution in [0.2, 0.25) is 0 Å². The molecule has 0 aliphatic heterocycles. The number of rotatable bonds is 9. The Balaban J connectivity index is 1.30. The van der Waals surface area contributed by atoms with Crippen LogP contribution in [0.1, 0.15) is 54.5 Å². The summed E-state index contributed by atoms with van der Waals surface area (Å²) in [5.41, 5.74) is 5.81. The molecule has 1 fully saturated rings. The highest BCUT2D eigenvalue weighted by molar-refractivity contribution is 5.85. The predicted molar refractivity (Wildman–Crippen MR) is 139 cm³/mol. The SMILES string of the molecule is Cc1noc(-c2ccc(-c3ccc(C4(C(=O)O)CC4)cc3)cc2)c1CC(=O)CC(C)c1ccccc1. The van der Waals surface area contributed by atoms with Crippen molar-refractivity contribution in [3.8, 4) is 22.5 Å². The Morgan fingerprint density at radius 2 is 1.50 bits per heavy atom. The zero-order valence-corrected chi connectivity index (χ0v) is 20.5. The molecule has 1 heterocycles. The van der Waals surface area contributed by atoms with E-state index in [2.05, 4.69) is 24.2 Å². The number of aromatic nitrogens is 1. The van der Waals surface area contributed by atoms with E-state index in [1.807, 2.05) is 73.7 Å². The van der Waals surface area contributed by atoms with E-state index >= 15 is 0 Å². The van der Waals surface area contributed by atoms with Gasteiger partial charge < -0.3 is 9.63 Å². The van der Waals surface area contributed by atoms with Gasteiger partial charge in [-0.2, -0.15) is 0 Å². The Hall–Kier alpha value is -3.99. The number of ketones is 1. The third-order valence-electron chi connectivity index (χ3n) is 7.34. The molecule has 1 saturated carbocycles. The van der Waals surface area contributed by atoms with E-state index in [9.17, 15) is 14.7 Å². The van der Waals surface area contributed by atoms with Crippen LogP contribution in [0, 0.1) is 6.92 Å². The van der Waals surface area contributed by atoms with Crippen LogP contribution < -0.4 is 0 Å². The lowest BCUT2D eigenvalue weighted by atomic mass is 9.92. The molecule has 0 radical (unpaired) electrons. The zero-order valence-electron chi connectivity index (χ0n) is 20.5. The Morgan fingerprint density at radius 1 is 0.917 bits per heavy atom. The average Bonchev–Trinajstić information content (AvgIpc) is 3.64. The first-order chi connectivity index (χ1) is 17.4. The van der Waals surface area contributed by atoms with E-state index in [1.54, 1.807) is 0 Å². The Bertz CT molecular complexity index is 1380. The van der Waals surface area contributed by atoms with Crippen LogP contribution in [0.3, 0.4) is 0 Å². The molecule has 0 spiro atoms. The van der Waals surface area contributed by atoms with Crippen molar-refractivity contribution >= 4 is 11.8 Å². The highest BCUT2D eigenvalue weighted by atomic mass is 16.5. The molecular weight excluding hydrogens is 450 g/mol. The highest BCUT2D eigenvalue weighted by Crippen LogP contribution is 2.48. The van der Waals surface area contributed by atoms with Crippen LogP contribution in [0.4, 0.5) is 0 Å².